The molecule has 3 aromatic rings. The van der Waals surface area contributed by atoms with Crippen LogP contribution in [0.3, 0.4) is 0 Å². The number of carbonyl (C=O) groups is 1. The van der Waals surface area contributed by atoms with Crippen molar-refractivity contribution in [1.29, 1.82) is 0 Å². The quantitative estimate of drug-likeness (QED) is 0.555. The third-order valence-corrected chi connectivity index (χ3v) is 6.86. The summed E-state index contributed by atoms with van der Waals surface area (Å²) < 4.78 is 39.0. The second-order valence-corrected chi connectivity index (χ2v) is 9.32. The molecule has 2 aromatic carbocycles. The van der Waals surface area contributed by atoms with E-state index in [1.54, 1.807) is 30.1 Å². The highest BCUT2D eigenvalue weighted by atomic mass is 32.2. The molecule has 10 heteroatoms. The molecule has 1 heterocycles. The van der Waals surface area contributed by atoms with Crippen molar-refractivity contribution in [3.8, 4) is 11.5 Å². The fourth-order valence-electron chi connectivity index (χ4n) is 3.27. The molecule has 0 aliphatic rings. The second kappa shape index (κ2) is 9.41. The average molecular weight is 459 g/mol. The SMILES string of the molecule is COc1ccccc1C(NC(=O)c1ccc(OC)c(S(=O)(=O)N(C)C)c1)c1nccn1C. The number of benzene rings is 2. The van der Waals surface area contributed by atoms with Crippen molar-refractivity contribution < 1.29 is 22.7 Å². The molecule has 0 saturated carbocycles. The molecular weight excluding hydrogens is 432 g/mol. The summed E-state index contributed by atoms with van der Waals surface area (Å²) in [6, 6.07) is 11.0. The Morgan fingerprint density at radius 3 is 2.38 bits per heavy atom. The molecule has 0 bridgehead atoms. The van der Waals surface area contributed by atoms with Crippen LogP contribution in [0, 0.1) is 0 Å². The normalized spacial score (nSPS) is 12.4. The van der Waals surface area contributed by atoms with Crippen LogP contribution in [0.5, 0.6) is 11.5 Å². The maximum absolute atomic E-state index is 13.2. The lowest BCUT2D eigenvalue weighted by atomic mass is 10.0. The lowest BCUT2D eigenvalue weighted by Crippen LogP contribution is -2.31. The molecular formula is C22H26N4O5S. The van der Waals surface area contributed by atoms with Crippen LogP contribution < -0.4 is 14.8 Å². The highest BCUT2D eigenvalue weighted by Crippen LogP contribution is 2.30. The number of aromatic nitrogens is 2. The number of hydrogen-bond acceptors (Lipinski definition) is 6. The molecule has 170 valence electrons. The van der Waals surface area contributed by atoms with Crippen LogP contribution in [0.1, 0.15) is 27.8 Å². The smallest absolute Gasteiger partial charge is 0.252 e. The summed E-state index contributed by atoms with van der Waals surface area (Å²) in [7, 11) is 3.77. The lowest BCUT2D eigenvalue weighted by molar-refractivity contribution is 0.0940. The van der Waals surface area contributed by atoms with Crippen LogP contribution in [0.25, 0.3) is 0 Å². The maximum Gasteiger partial charge on any atom is 0.252 e. The predicted molar refractivity (Wildman–Crippen MR) is 119 cm³/mol. The van der Waals surface area contributed by atoms with Crippen molar-refractivity contribution in [2.75, 3.05) is 28.3 Å². The zero-order valence-corrected chi connectivity index (χ0v) is 19.4. The van der Waals surface area contributed by atoms with Gasteiger partial charge in [0.2, 0.25) is 10.0 Å². The Hall–Kier alpha value is -3.37. The number of amides is 1. The number of imidazole rings is 1. The van der Waals surface area contributed by atoms with Crippen LogP contribution in [0.4, 0.5) is 0 Å². The minimum Gasteiger partial charge on any atom is -0.496 e. The molecule has 9 nitrogen and oxygen atoms in total. The van der Waals surface area contributed by atoms with E-state index in [9.17, 15) is 13.2 Å². The van der Waals surface area contributed by atoms with Gasteiger partial charge >= 0.3 is 0 Å². The Morgan fingerprint density at radius 1 is 1.09 bits per heavy atom. The molecule has 1 amide bonds. The standard InChI is InChI=1S/C22H26N4O5S/c1-25(2)32(28,29)19-14-15(10-11-18(19)31-5)22(27)24-20(21-23-12-13-26(21)3)16-8-6-7-9-17(16)30-4/h6-14,20H,1-5H3,(H,24,27). The fourth-order valence-corrected chi connectivity index (χ4v) is 4.35. The number of sulfonamides is 1. The van der Waals surface area contributed by atoms with Crippen molar-refractivity contribution in [2.24, 2.45) is 7.05 Å². The van der Waals surface area contributed by atoms with E-state index in [0.29, 0.717) is 17.1 Å². The molecule has 3 rings (SSSR count). The molecule has 1 atom stereocenters. The zero-order valence-electron chi connectivity index (χ0n) is 18.6. The Kier molecular flexibility index (Phi) is 6.85. The molecule has 0 saturated heterocycles. The topological polar surface area (TPSA) is 103 Å². The lowest BCUT2D eigenvalue weighted by Gasteiger charge is -2.22. The molecule has 0 aliphatic carbocycles. The Morgan fingerprint density at radius 2 is 1.78 bits per heavy atom. The van der Waals surface area contributed by atoms with E-state index in [2.05, 4.69) is 10.3 Å². The van der Waals surface area contributed by atoms with Gasteiger partial charge in [-0.1, -0.05) is 18.2 Å². The Bertz CT molecular complexity index is 1220. The highest BCUT2D eigenvalue weighted by Gasteiger charge is 2.27. The average Bonchev–Trinajstić information content (AvgIpc) is 3.22. The second-order valence-electron chi connectivity index (χ2n) is 7.20. The first-order valence-electron chi connectivity index (χ1n) is 9.72. The number of methoxy groups -OCH3 is 2. The van der Waals surface area contributed by atoms with Gasteiger partial charge in [-0.15, -0.1) is 0 Å². The van der Waals surface area contributed by atoms with Crippen molar-refractivity contribution in [3.05, 3.63) is 71.8 Å². The van der Waals surface area contributed by atoms with Gasteiger partial charge in [-0.25, -0.2) is 17.7 Å². The van der Waals surface area contributed by atoms with E-state index < -0.39 is 22.0 Å². The van der Waals surface area contributed by atoms with Crippen LogP contribution in [-0.2, 0) is 17.1 Å². The first-order chi connectivity index (χ1) is 15.2. The molecule has 1 N–H and O–H groups in total. The summed E-state index contributed by atoms with van der Waals surface area (Å²) in [4.78, 5) is 17.5. The van der Waals surface area contributed by atoms with E-state index in [1.807, 2.05) is 25.2 Å². The van der Waals surface area contributed by atoms with Gasteiger partial charge in [-0.05, 0) is 24.3 Å². The molecule has 1 unspecified atom stereocenters. The summed E-state index contributed by atoms with van der Waals surface area (Å²) in [6.07, 6.45) is 3.41. The number of hydrogen-bond donors (Lipinski definition) is 1. The van der Waals surface area contributed by atoms with Gasteiger partial charge in [0.15, 0.2) is 0 Å². The Balaban J connectivity index is 2.05. The Labute approximate surface area is 187 Å². The fraction of sp³-hybridized carbons (Fsp3) is 0.273. The van der Waals surface area contributed by atoms with Gasteiger partial charge < -0.3 is 19.4 Å². The molecule has 0 radical (unpaired) electrons. The summed E-state index contributed by atoms with van der Waals surface area (Å²) in [5.41, 5.74) is 0.882. The van der Waals surface area contributed by atoms with Crippen molar-refractivity contribution in [3.63, 3.8) is 0 Å². The number of ether oxygens (including phenoxy) is 2. The largest absolute Gasteiger partial charge is 0.496 e. The van der Waals surface area contributed by atoms with Crippen LogP contribution in [0.2, 0.25) is 0 Å². The van der Waals surface area contributed by atoms with Crippen molar-refractivity contribution in [2.45, 2.75) is 10.9 Å². The van der Waals surface area contributed by atoms with E-state index in [1.165, 1.54) is 39.4 Å². The summed E-state index contributed by atoms with van der Waals surface area (Å²) in [5.74, 6) is 0.867. The van der Waals surface area contributed by atoms with E-state index in [-0.39, 0.29) is 16.2 Å². The van der Waals surface area contributed by atoms with Gasteiger partial charge in [0.1, 0.15) is 28.3 Å². The maximum atomic E-state index is 13.2. The highest BCUT2D eigenvalue weighted by molar-refractivity contribution is 7.89. The number of para-hydroxylation sites is 1. The third-order valence-electron chi connectivity index (χ3n) is 5.03. The van der Waals surface area contributed by atoms with Crippen LogP contribution in [-0.4, -0.2) is 56.5 Å². The third kappa shape index (κ3) is 4.46. The minimum atomic E-state index is -3.83. The number of carbonyl (C=O) groups excluding carboxylic acids is 1. The minimum absolute atomic E-state index is 0.0940. The van der Waals surface area contributed by atoms with Crippen LogP contribution in [0.15, 0.2) is 59.8 Å². The van der Waals surface area contributed by atoms with E-state index >= 15 is 0 Å². The number of aryl methyl sites for hydroxylation is 1. The van der Waals surface area contributed by atoms with E-state index in [0.717, 1.165) is 4.31 Å². The number of nitrogens with one attached hydrogen (secondary N) is 1. The van der Waals surface area contributed by atoms with Gasteiger partial charge in [0, 0.05) is 44.7 Å². The monoisotopic (exact) mass is 458 g/mol. The van der Waals surface area contributed by atoms with Crippen molar-refractivity contribution >= 4 is 15.9 Å². The van der Waals surface area contributed by atoms with Gasteiger partial charge in [-0.2, -0.15) is 0 Å². The molecule has 1 aromatic heterocycles. The molecule has 0 spiro atoms. The van der Waals surface area contributed by atoms with Gasteiger partial charge in [-0.3, -0.25) is 4.79 Å². The number of rotatable bonds is 8. The molecule has 0 fully saturated rings. The van der Waals surface area contributed by atoms with Crippen molar-refractivity contribution in [1.82, 2.24) is 19.2 Å². The molecule has 32 heavy (non-hydrogen) atoms. The van der Waals surface area contributed by atoms with Gasteiger partial charge in [0.25, 0.3) is 5.91 Å². The first kappa shape index (κ1) is 23.3. The zero-order chi connectivity index (χ0) is 23.5. The van der Waals surface area contributed by atoms with Gasteiger partial charge in [0.05, 0.1) is 14.2 Å². The molecule has 0 aliphatic heterocycles. The van der Waals surface area contributed by atoms with E-state index in [4.69, 9.17) is 9.47 Å². The summed E-state index contributed by atoms with van der Waals surface area (Å²) >= 11 is 0. The summed E-state index contributed by atoms with van der Waals surface area (Å²) in [5, 5.41) is 2.96. The number of nitrogens with zero attached hydrogens (tertiary/aromatic N) is 3. The predicted octanol–water partition coefficient (Wildman–Crippen LogP) is 2.21. The van der Waals surface area contributed by atoms with Crippen LogP contribution >= 0.6 is 0 Å². The summed E-state index contributed by atoms with van der Waals surface area (Å²) in [6.45, 7) is 0. The first-order valence-corrected chi connectivity index (χ1v) is 11.2.